The van der Waals surface area contributed by atoms with Crippen molar-refractivity contribution in [3.8, 4) is 11.4 Å². The number of hydrogen-bond acceptors (Lipinski definition) is 3. The molecule has 4 rings (SSSR count). The van der Waals surface area contributed by atoms with Crippen LogP contribution >= 0.6 is 0 Å². The Morgan fingerprint density at radius 1 is 1.25 bits per heavy atom. The molecule has 2 N–H and O–H groups in total. The standard InChI is InChI=1S/C16H15N3O/c20-10-16(5-6-16)12-3-4-13-14(8-12)19-15(18-13)11-2-1-7-17-9-11/h1-4,7-9,20H,5-6,10H2,(H,18,19). The molecule has 0 radical (unpaired) electrons. The molecule has 0 amide bonds. The normalized spacial score (nSPS) is 16.4. The van der Waals surface area contributed by atoms with Gasteiger partial charge >= 0.3 is 0 Å². The summed E-state index contributed by atoms with van der Waals surface area (Å²) in [6.07, 6.45) is 5.69. The van der Waals surface area contributed by atoms with Crippen molar-refractivity contribution in [3.63, 3.8) is 0 Å². The van der Waals surface area contributed by atoms with E-state index >= 15 is 0 Å². The molecule has 4 nitrogen and oxygen atoms in total. The van der Waals surface area contributed by atoms with Gasteiger partial charge in [0.05, 0.1) is 17.6 Å². The Labute approximate surface area is 116 Å². The molecule has 100 valence electrons. The fourth-order valence-corrected chi connectivity index (χ4v) is 2.67. The van der Waals surface area contributed by atoms with E-state index in [9.17, 15) is 5.11 Å². The molecule has 0 spiro atoms. The van der Waals surface area contributed by atoms with E-state index < -0.39 is 0 Å². The lowest BCUT2D eigenvalue weighted by molar-refractivity contribution is 0.255. The van der Waals surface area contributed by atoms with Gasteiger partial charge in [-0.15, -0.1) is 0 Å². The number of aromatic nitrogens is 3. The summed E-state index contributed by atoms with van der Waals surface area (Å²) >= 11 is 0. The molecule has 1 fully saturated rings. The summed E-state index contributed by atoms with van der Waals surface area (Å²) in [5.41, 5.74) is 4.14. The number of pyridine rings is 1. The van der Waals surface area contributed by atoms with Crippen LogP contribution in [0.15, 0.2) is 42.7 Å². The highest BCUT2D eigenvalue weighted by atomic mass is 16.3. The SMILES string of the molecule is OCC1(c2ccc3nc(-c4cccnc4)[nH]c3c2)CC1. The Morgan fingerprint density at radius 2 is 2.15 bits per heavy atom. The summed E-state index contributed by atoms with van der Waals surface area (Å²) in [5, 5.41) is 9.53. The van der Waals surface area contributed by atoms with Gasteiger partial charge in [0.1, 0.15) is 5.82 Å². The summed E-state index contributed by atoms with van der Waals surface area (Å²) < 4.78 is 0. The maximum Gasteiger partial charge on any atom is 0.140 e. The summed E-state index contributed by atoms with van der Waals surface area (Å²) in [5.74, 6) is 0.832. The first kappa shape index (κ1) is 11.6. The van der Waals surface area contributed by atoms with Gasteiger partial charge in [-0.05, 0) is 42.7 Å². The van der Waals surface area contributed by atoms with Gasteiger partial charge in [-0.1, -0.05) is 6.07 Å². The number of H-pyrrole nitrogens is 1. The molecule has 1 aliphatic carbocycles. The highest BCUT2D eigenvalue weighted by molar-refractivity contribution is 5.80. The summed E-state index contributed by atoms with van der Waals surface area (Å²) in [6.45, 7) is 0.224. The van der Waals surface area contributed by atoms with Gasteiger partial charge < -0.3 is 10.1 Å². The largest absolute Gasteiger partial charge is 0.395 e. The Hall–Kier alpha value is -2.20. The molecule has 0 bridgehead atoms. The Bertz CT molecular complexity index is 760. The second-order valence-electron chi connectivity index (χ2n) is 5.50. The van der Waals surface area contributed by atoms with Crippen molar-refractivity contribution in [2.24, 2.45) is 0 Å². The summed E-state index contributed by atoms with van der Waals surface area (Å²) in [7, 11) is 0. The molecule has 2 heterocycles. The zero-order chi connectivity index (χ0) is 13.6. The second kappa shape index (κ2) is 4.15. The zero-order valence-electron chi connectivity index (χ0n) is 11.0. The van der Waals surface area contributed by atoms with Gasteiger partial charge in [0, 0.05) is 23.4 Å². The molecule has 0 aliphatic heterocycles. The average Bonchev–Trinajstić information content (AvgIpc) is 3.20. The molecule has 4 heteroatoms. The van der Waals surface area contributed by atoms with Crippen LogP contribution in [0.5, 0.6) is 0 Å². The monoisotopic (exact) mass is 265 g/mol. The van der Waals surface area contributed by atoms with Crippen molar-refractivity contribution in [1.29, 1.82) is 0 Å². The smallest absolute Gasteiger partial charge is 0.140 e. The van der Waals surface area contributed by atoms with Crippen molar-refractivity contribution in [3.05, 3.63) is 48.3 Å². The number of imidazole rings is 1. The number of hydrogen-bond donors (Lipinski definition) is 2. The average molecular weight is 265 g/mol. The maximum atomic E-state index is 9.53. The van der Waals surface area contributed by atoms with Crippen LogP contribution in [0.1, 0.15) is 18.4 Å². The van der Waals surface area contributed by atoms with Gasteiger partial charge in [0.15, 0.2) is 0 Å². The molecule has 0 atom stereocenters. The number of aliphatic hydroxyl groups is 1. The van der Waals surface area contributed by atoms with Crippen LogP contribution in [0.2, 0.25) is 0 Å². The second-order valence-corrected chi connectivity index (χ2v) is 5.50. The van der Waals surface area contributed by atoms with Crippen LogP contribution in [0.25, 0.3) is 22.4 Å². The van der Waals surface area contributed by atoms with Crippen molar-refractivity contribution in [2.45, 2.75) is 18.3 Å². The van der Waals surface area contributed by atoms with Gasteiger partial charge in [0.25, 0.3) is 0 Å². The van der Waals surface area contributed by atoms with Crippen molar-refractivity contribution >= 4 is 11.0 Å². The minimum atomic E-state index is -0.00618. The summed E-state index contributed by atoms with van der Waals surface area (Å²) in [4.78, 5) is 12.1. The molecule has 1 aliphatic rings. The predicted octanol–water partition coefficient (Wildman–Crippen LogP) is 2.65. The number of benzene rings is 1. The first-order valence-electron chi connectivity index (χ1n) is 6.82. The predicted molar refractivity (Wildman–Crippen MR) is 77.3 cm³/mol. The third-order valence-electron chi connectivity index (χ3n) is 4.19. The Kier molecular flexibility index (Phi) is 2.41. The summed E-state index contributed by atoms with van der Waals surface area (Å²) in [6, 6.07) is 10.1. The molecule has 2 aromatic heterocycles. The van der Waals surface area contributed by atoms with Crippen molar-refractivity contribution in [2.75, 3.05) is 6.61 Å². The molecule has 3 aromatic rings. The van der Waals surface area contributed by atoms with E-state index in [1.165, 1.54) is 5.56 Å². The number of aliphatic hydroxyl groups excluding tert-OH is 1. The lowest BCUT2D eigenvalue weighted by Crippen LogP contribution is -2.11. The number of nitrogens with one attached hydrogen (secondary N) is 1. The first-order valence-corrected chi connectivity index (χ1v) is 6.82. The fourth-order valence-electron chi connectivity index (χ4n) is 2.67. The third-order valence-corrected chi connectivity index (χ3v) is 4.19. The van der Waals surface area contributed by atoms with E-state index in [0.29, 0.717) is 0 Å². The van der Waals surface area contributed by atoms with Crippen LogP contribution < -0.4 is 0 Å². The molecular formula is C16H15N3O. The van der Waals surface area contributed by atoms with Gasteiger partial charge in [-0.25, -0.2) is 4.98 Å². The van der Waals surface area contributed by atoms with Gasteiger partial charge in [-0.3, -0.25) is 4.98 Å². The van der Waals surface area contributed by atoms with Crippen LogP contribution in [-0.2, 0) is 5.41 Å². The number of fused-ring (bicyclic) bond motifs is 1. The number of aromatic amines is 1. The lowest BCUT2D eigenvalue weighted by Gasteiger charge is -2.11. The minimum Gasteiger partial charge on any atom is -0.395 e. The molecule has 1 saturated carbocycles. The van der Waals surface area contributed by atoms with E-state index in [0.717, 1.165) is 35.3 Å². The van der Waals surface area contributed by atoms with Crippen LogP contribution in [0.3, 0.4) is 0 Å². The Balaban J connectivity index is 1.80. The van der Waals surface area contributed by atoms with E-state index in [1.54, 1.807) is 12.4 Å². The molecule has 1 aromatic carbocycles. The maximum absolute atomic E-state index is 9.53. The quantitative estimate of drug-likeness (QED) is 0.765. The van der Waals surface area contributed by atoms with E-state index in [-0.39, 0.29) is 12.0 Å². The van der Waals surface area contributed by atoms with Crippen LogP contribution in [0.4, 0.5) is 0 Å². The zero-order valence-corrected chi connectivity index (χ0v) is 11.0. The molecular weight excluding hydrogens is 250 g/mol. The van der Waals surface area contributed by atoms with Crippen LogP contribution in [-0.4, -0.2) is 26.7 Å². The first-order chi connectivity index (χ1) is 9.81. The highest BCUT2D eigenvalue weighted by Crippen LogP contribution is 2.48. The van der Waals surface area contributed by atoms with Crippen molar-refractivity contribution in [1.82, 2.24) is 15.0 Å². The van der Waals surface area contributed by atoms with E-state index in [4.69, 9.17) is 0 Å². The number of nitrogens with zero attached hydrogens (tertiary/aromatic N) is 2. The van der Waals surface area contributed by atoms with Gasteiger partial charge in [0.2, 0.25) is 0 Å². The number of rotatable bonds is 3. The molecule has 20 heavy (non-hydrogen) atoms. The topological polar surface area (TPSA) is 61.8 Å². The minimum absolute atomic E-state index is 0.00618. The third kappa shape index (κ3) is 1.72. The molecule has 0 unspecified atom stereocenters. The lowest BCUT2D eigenvalue weighted by atomic mass is 9.97. The van der Waals surface area contributed by atoms with Crippen molar-refractivity contribution < 1.29 is 5.11 Å². The fraction of sp³-hybridized carbons (Fsp3) is 0.250. The Morgan fingerprint density at radius 3 is 2.85 bits per heavy atom. The van der Waals surface area contributed by atoms with Crippen LogP contribution in [0, 0.1) is 0 Å². The van der Waals surface area contributed by atoms with E-state index in [2.05, 4.69) is 27.1 Å². The molecule has 0 saturated heterocycles. The van der Waals surface area contributed by atoms with E-state index in [1.807, 2.05) is 18.2 Å². The van der Waals surface area contributed by atoms with Gasteiger partial charge in [-0.2, -0.15) is 0 Å². The highest BCUT2D eigenvalue weighted by Gasteiger charge is 2.43.